The number of unbranched alkanes of at least 4 members (excludes halogenated alkanes) is 1. The van der Waals surface area contributed by atoms with Gasteiger partial charge in [-0.05, 0) is 25.3 Å². The van der Waals surface area contributed by atoms with Crippen LogP contribution in [0.2, 0.25) is 0 Å². The predicted octanol–water partition coefficient (Wildman–Crippen LogP) is 2.53. The summed E-state index contributed by atoms with van der Waals surface area (Å²) in [6.07, 6.45) is 4.97. The lowest BCUT2D eigenvalue weighted by Gasteiger charge is -2.28. The second-order valence-corrected chi connectivity index (χ2v) is 4.27. The Morgan fingerprint density at radius 2 is 1.86 bits per heavy atom. The summed E-state index contributed by atoms with van der Waals surface area (Å²) in [4.78, 5) is 0. The van der Waals surface area contributed by atoms with Gasteiger partial charge in [0.25, 0.3) is 0 Å². The molecular formula is C12H28N2. The molecule has 0 aromatic carbocycles. The normalized spacial score (nSPS) is 17.8. The van der Waals surface area contributed by atoms with Crippen molar-refractivity contribution >= 4 is 0 Å². The molecule has 0 aliphatic heterocycles. The summed E-state index contributed by atoms with van der Waals surface area (Å²) in [5.74, 6) is 0.638. The molecule has 0 fully saturated rings. The van der Waals surface area contributed by atoms with Gasteiger partial charge in [-0.2, -0.15) is 0 Å². The summed E-state index contributed by atoms with van der Waals surface area (Å²) in [6, 6.07) is 0.804. The monoisotopic (exact) mass is 200 g/mol. The number of nitrogens with one attached hydrogen (secondary N) is 1. The average Bonchev–Trinajstić information content (AvgIpc) is 2.21. The van der Waals surface area contributed by atoms with Gasteiger partial charge in [-0.1, -0.05) is 40.5 Å². The zero-order valence-electron chi connectivity index (χ0n) is 10.3. The van der Waals surface area contributed by atoms with Crippen LogP contribution in [0.3, 0.4) is 0 Å². The maximum absolute atomic E-state index is 6.24. The molecule has 0 spiro atoms. The third-order valence-electron chi connectivity index (χ3n) is 3.04. The van der Waals surface area contributed by atoms with E-state index in [1.165, 1.54) is 19.3 Å². The summed E-state index contributed by atoms with van der Waals surface area (Å²) < 4.78 is 0. The van der Waals surface area contributed by atoms with Crippen LogP contribution >= 0.6 is 0 Å². The number of rotatable bonds is 8. The molecule has 0 rings (SSSR count). The Balaban J connectivity index is 3.91. The maximum atomic E-state index is 6.24. The van der Waals surface area contributed by atoms with Gasteiger partial charge in [-0.15, -0.1) is 0 Å². The molecule has 0 aromatic rings. The molecule has 2 heteroatoms. The minimum Gasteiger partial charge on any atom is -0.326 e. The molecule has 0 radical (unpaired) electrons. The predicted molar refractivity (Wildman–Crippen MR) is 64.4 cm³/mol. The van der Waals surface area contributed by atoms with E-state index in [0.717, 1.165) is 13.0 Å². The molecule has 0 heterocycles. The second-order valence-electron chi connectivity index (χ2n) is 4.27. The Labute approximate surface area is 89.6 Å². The topological polar surface area (TPSA) is 38.0 Å². The first-order valence-electron chi connectivity index (χ1n) is 6.16. The molecule has 2 nitrogen and oxygen atoms in total. The van der Waals surface area contributed by atoms with Gasteiger partial charge in [0, 0.05) is 12.1 Å². The Kier molecular flexibility index (Phi) is 8.20. The van der Waals surface area contributed by atoms with Crippen molar-refractivity contribution in [1.29, 1.82) is 0 Å². The van der Waals surface area contributed by atoms with E-state index in [0.29, 0.717) is 18.0 Å². The van der Waals surface area contributed by atoms with Crippen LogP contribution in [0.1, 0.15) is 53.4 Å². The molecule has 0 aliphatic rings. The first-order valence-corrected chi connectivity index (χ1v) is 6.16. The summed E-state index contributed by atoms with van der Waals surface area (Å²) in [6.45, 7) is 9.89. The maximum Gasteiger partial charge on any atom is 0.0220 e. The summed E-state index contributed by atoms with van der Waals surface area (Å²) >= 11 is 0. The van der Waals surface area contributed by atoms with Crippen LogP contribution < -0.4 is 11.1 Å². The van der Waals surface area contributed by atoms with E-state index in [1.807, 2.05) is 0 Å². The van der Waals surface area contributed by atoms with Gasteiger partial charge < -0.3 is 11.1 Å². The van der Waals surface area contributed by atoms with Crippen LogP contribution in [-0.4, -0.2) is 18.6 Å². The summed E-state index contributed by atoms with van der Waals surface area (Å²) in [7, 11) is 0. The first kappa shape index (κ1) is 13.9. The Hall–Kier alpha value is -0.0800. The molecule has 86 valence electrons. The van der Waals surface area contributed by atoms with Gasteiger partial charge in [-0.3, -0.25) is 0 Å². The Morgan fingerprint density at radius 1 is 1.21 bits per heavy atom. The van der Waals surface area contributed by atoms with Crippen molar-refractivity contribution in [1.82, 2.24) is 5.32 Å². The van der Waals surface area contributed by atoms with Gasteiger partial charge in [0.15, 0.2) is 0 Å². The Morgan fingerprint density at radius 3 is 2.29 bits per heavy atom. The standard InChI is InChI=1S/C12H28N2/c1-5-8-9-10(4)12(13)11(6-2)14-7-3/h10-12,14H,5-9,13H2,1-4H3. The average molecular weight is 200 g/mol. The third-order valence-corrected chi connectivity index (χ3v) is 3.04. The van der Waals surface area contributed by atoms with E-state index in [-0.39, 0.29) is 0 Å². The fourth-order valence-corrected chi connectivity index (χ4v) is 1.93. The van der Waals surface area contributed by atoms with E-state index >= 15 is 0 Å². The van der Waals surface area contributed by atoms with Crippen LogP contribution in [0.25, 0.3) is 0 Å². The molecule has 0 saturated carbocycles. The number of nitrogens with two attached hydrogens (primary N) is 1. The summed E-state index contributed by atoms with van der Waals surface area (Å²) in [5, 5.41) is 3.46. The zero-order chi connectivity index (χ0) is 11.0. The van der Waals surface area contributed by atoms with Crippen molar-refractivity contribution in [3.05, 3.63) is 0 Å². The van der Waals surface area contributed by atoms with Crippen LogP contribution in [0, 0.1) is 5.92 Å². The minimum atomic E-state index is 0.312. The molecule has 0 aliphatic carbocycles. The lowest BCUT2D eigenvalue weighted by molar-refractivity contribution is 0.319. The quantitative estimate of drug-likeness (QED) is 0.632. The second kappa shape index (κ2) is 8.25. The zero-order valence-corrected chi connectivity index (χ0v) is 10.3. The molecule has 0 bridgehead atoms. The lowest BCUT2D eigenvalue weighted by atomic mass is 9.90. The van der Waals surface area contributed by atoms with Crippen LogP contribution in [0.5, 0.6) is 0 Å². The minimum absolute atomic E-state index is 0.312. The highest BCUT2D eigenvalue weighted by molar-refractivity contribution is 4.82. The molecule has 0 saturated heterocycles. The fourth-order valence-electron chi connectivity index (χ4n) is 1.93. The van der Waals surface area contributed by atoms with Crippen LogP contribution in [-0.2, 0) is 0 Å². The highest BCUT2D eigenvalue weighted by Crippen LogP contribution is 2.14. The number of likely N-dealkylation sites (N-methyl/N-ethyl adjacent to an activating group) is 1. The van der Waals surface area contributed by atoms with Gasteiger partial charge >= 0.3 is 0 Å². The van der Waals surface area contributed by atoms with Crippen LogP contribution in [0.15, 0.2) is 0 Å². The van der Waals surface area contributed by atoms with Crippen molar-refractivity contribution in [2.75, 3.05) is 6.54 Å². The van der Waals surface area contributed by atoms with Gasteiger partial charge in [0.05, 0.1) is 0 Å². The number of hydrogen-bond donors (Lipinski definition) is 2. The number of hydrogen-bond acceptors (Lipinski definition) is 2. The largest absolute Gasteiger partial charge is 0.326 e. The van der Waals surface area contributed by atoms with E-state index in [4.69, 9.17) is 5.73 Å². The van der Waals surface area contributed by atoms with Crippen molar-refractivity contribution in [2.24, 2.45) is 11.7 Å². The highest BCUT2D eigenvalue weighted by Gasteiger charge is 2.20. The van der Waals surface area contributed by atoms with Crippen LogP contribution in [0.4, 0.5) is 0 Å². The van der Waals surface area contributed by atoms with E-state index in [9.17, 15) is 0 Å². The highest BCUT2D eigenvalue weighted by atomic mass is 14.9. The van der Waals surface area contributed by atoms with Crippen molar-refractivity contribution in [3.8, 4) is 0 Å². The lowest BCUT2D eigenvalue weighted by Crippen LogP contribution is -2.48. The van der Waals surface area contributed by atoms with Crippen molar-refractivity contribution < 1.29 is 0 Å². The van der Waals surface area contributed by atoms with Gasteiger partial charge in [0.1, 0.15) is 0 Å². The molecule has 3 N–H and O–H groups in total. The Bertz CT molecular complexity index is 125. The molecular weight excluding hydrogens is 172 g/mol. The van der Waals surface area contributed by atoms with Crippen molar-refractivity contribution in [2.45, 2.75) is 65.5 Å². The van der Waals surface area contributed by atoms with Gasteiger partial charge in [-0.25, -0.2) is 0 Å². The summed E-state index contributed by atoms with van der Waals surface area (Å²) in [5.41, 5.74) is 6.24. The van der Waals surface area contributed by atoms with Crippen molar-refractivity contribution in [3.63, 3.8) is 0 Å². The first-order chi connectivity index (χ1) is 6.67. The molecule has 3 atom stereocenters. The molecule has 0 aromatic heterocycles. The fraction of sp³-hybridized carbons (Fsp3) is 1.00. The SMILES string of the molecule is CCCCC(C)C(N)C(CC)NCC. The smallest absolute Gasteiger partial charge is 0.0220 e. The van der Waals surface area contributed by atoms with E-state index < -0.39 is 0 Å². The van der Waals surface area contributed by atoms with E-state index in [2.05, 4.69) is 33.0 Å². The van der Waals surface area contributed by atoms with Gasteiger partial charge in [0.2, 0.25) is 0 Å². The molecule has 14 heavy (non-hydrogen) atoms. The molecule has 0 amide bonds. The molecule has 3 unspecified atom stereocenters. The van der Waals surface area contributed by atoms with E-state index in [1.54, 1.807) is 0 Å². The third kappa shape index (κ3) is 4.97.